The van der Waals surface area contributed by atoms with E-state index in [1.54, 1.807) is 7.11 Å². The summed E-state index contributed by atoms with van der Waals surface area (Å²) in [4.78, 5) is 0. The lowest BCUT2D eigenvalue weighted by Gasteiger charge is -2.31. The van der Waals surface area contributed by atoms with Crippen molar-refractivity contribution < 1.29 is 9.84 Å². The molecule has 1 aliphatic rings. The summed E-state index contributed by atoms with van der Waals surface area (Å²) in [5, 5.41) is 14.1. The van der Waals surface area contributed by atoms with Crippen LogP contribution in [0, 0.1) is 0 Å². The van der Waals surface area contributed by atoms with Crippen molar-refractivity contribution in [2.24, 2.45) is 0 Å². The standard InChI is InChI=1S/C16H25NO2/c1-16(18,12-14-7-3-4-9-17-14)11-13-6-5-8-15(10-13)19-2/h5-6,8,10,14,17-18H,3-4,7,9,11-12H2,1-2H3. The second-order valence-electron chi connectivity index (χ2n) is 5.88. The number of aliphatic hydroxyl groups is 1. The Hall–Kier alpha value is -1.06. The Kier molecular flexibility index (Phi) is 4.83. The number of rotatable bonds is 5. The molecule has 2 rings (SSSR count). The van der Waals surface area contributed by atoms with Gasteiger partial charge in [-0.25, -0.2) is 0 Å². The molecule has 0 saturated carbocycles. The van der Waals surface area contributed by atoms with Crippen molar-refractivity contribution in [2.75, 3.05) is 13.7 Å². The van der Waals surface area contributed by atoms with E-state index in [4.69, 9.17) is 4.74 Å². The van der Waals surface area contributed by atoms with Crippen LogP contribution in [-0.2, 0) is 6.42 Å². The highest BCUT2D eigenvalue weighted by molar-refractivity contribution is 5.29. The molecule has 0 spiro atoms. The third-order valence-corrected chi connectivity index (χ3v) is 3.82. The summed E-state index contributed by atoms with van der Waals surface area (Å²) < 4.78 is 5.23. The van der Waals surface area contributed by atoms with Crippen molar-refractivity contribution in [3.63, 3.8) is 0 Å². The fourth-order valence-electron chi connectivity index (χ4n) is 2.92. The maximum atomic E-state index is 10.6. The summed E-state index contributed by atoms with van der Waals surface area (Å²) in [6.45, 7) is 3.02. The number of nitrogens with one attached hydrogen (secondary N) is 1. The number of methoxy groups -OCH3 is 1. The molecule has 106 valence electrons. The van der Waals surface area contributed by atoms with Crippen LogP contribution in [0.5, 0.6) is 5.75 Å². The average molecular weight is 263 g/mol. The van der Waals surface area contributed by atoms with Gasteiger partial charge in [0.1, 0.15) is 5.75 Å². The zero-order chi connectivity index (χ0) is 13.7. The van der Waals surface area contributed by atoms with Gasteiger partial charge in [0.15, 0.2) is 0 Å². The van der Waals surface area contributed by atoms with Gasteiger partial charge in [0, 0.05) is 12.5 Å². The Morgan fingerprint density at radius 1 is 1.42 bits per heavy atom. The molecular formula is C16H25NO2. The van der Waals surface area contributed by atoms with E-state index in [0.29, 0.717) is 12.5 Å². The average Bonchev–Trinajstić information content (AvgIpc) is 2.39. The molecule has 2 atom stereocenters. The number of benzene rings is 1. The second kappa shape index (κ2) is 6.40. The maximum absolute atomic E-state index is 10.6. The molecule has 0 amide bonds. The van der Waals surface area contributed by atoms with Gasteiger partial charge in [-0.15, -0.1) is 0 Å². The number of ether oxygens (including phenoxy) is 1. The van der Waals surface area contributed by atoms with Crippen LogP contribution in [0.2, 0.25) is 0 Å². The molecule has 19 heavy (non-hydrogen) atoms. The van der Waals surface area contributed by atoms with E-state index in [1.807, 2.05) is 31.2 Å². The van der Waals surface area contributed by atoms with Crippen LogP contribution >= 0.6 is 0 Å². The first-order chi connectivity index (χ1) is 9.09. The van der Waals surface area contributed by atoms with Crippen LogP contribution in [0.3, 0.4) is 0 Å². The minimum atomic E-state index is -0.665. The molecule has 2 unspecified atom stereocenters. The molecule has 1 aliphatic heterocycles. The van der Waals surface area contributed by atoms with Gasteiger partial charge < -0.3 is 15.2 Å². The first kappa shape index (κ1) is 14.4. The summed E-state index contributed by atoms with van der Waals surface area (Å²) >= 11 is 0. The molecule has 0 bridgehead atoms. The summed E-state index contributed by atoms with van der Waals surface area (Å²) in [7, 11) is 1.67. The maximum Gasteiger partial charge on any atom is 0.119 e. The lowest BCUT2D eigenvalue weighted by molar-refractivity contribution is 0.0371. The van der Waals surface area contributed by atoms with Gasteiger partial charge in [0.05, 0.1) is 12.7 Å². The Morgan fingerprint density at radius 3 is 2.95 bits per heavy atom. The fraction of sp³-hybridized carbons (Fsp3) is 0.625. The first-order valence-electron chi connectivity index (χ1n) is 7.18. The van der Waals surface area contributed by atoms with E-state index < -0.39 is 5.60 Å². The predicted molar refractivity (Wildman–Crippen MR) is 77.6 cm³/mol. The van der Waals surface area contributed by atoms with Gasteiger partial charge in [-0.3, -0.25) is 0 Å². The number of piperidine rings is 1. The number of hydrogen-bond donors (Lipinski definition) is 2. The SMILES string of the molecule is COc1cccc(CC(C)(O)CC2CCCCN2)c1. The third-order valence-electron chi connectivity index (χ3n) is 3.82. The normalized spacial score (nSPS) is 22.8. The molecular weight excluding hydrogens is 238 g/mol. The van der Waals surface area contributed by atoms with Crippen LogP contribution < -0.4 is 10.1 Å². The molecule has 3 nitrogen and oxygen atoms in total. The zero-order valence-electron chi connectivity index (χ0n) is 12.0. The van der Waals surface area contributed by atoms with Crippen LogP contribution in [0.4, 0.5) is 0 Å². The van der Waals surface area contributed by atoms with E-state index in [0.717, 1.165) is 24.3 Å². The van der Waals surface area contributed by atoms with Gasteiger partial charge >= 0.3 is 0 Å². The van der Waals surface area contributed by atoms with Crippen molar-refractivity contribution in [3.05, 3.63) is 29.8 Å². The Balaban J connectivity index is 1.94. The quantitative estimate of drug-likeness (QED) is 0.857. The third kappa shape index (κ3) is 4.51. The summed E-state index contributed by atoms with van der Waals surface area (Å²) in [6, 6.07) is 8.41. The lowest BCUT2D eigenvalue weighted by Crippen LogP contribution is -2.41. The molecule has 0 aliphatic carbocycles. The highest BCUT2D eigenvalue weighted by Crippen LogP contribution is 2.24. The Bertz CT molecular complexity index is 397. The van der Waals surface area contributed by atoms with Crippen molar-refractivity contribution in [2.45, 2.75) is 50.7 Å². The lowest BCUT2D eigenvalue weighted by atomic mass is 9.87. The van der Waals surface area contributed by atoms with Crippen molar-refractivity contribution in [1.82, 2.24) is 5.32 Å². The summed E-state index contributed by atoms with van der Waals surface area (Å²) in [5.74, 6) is 0.851. The summed E-state index contributed by atoms with van der Waals surface area (Å²) in [6.07, 6.45) is 5.18. The zero-order valence-corrected chi connectivity index (χ0v) is 12.0. The smallest absolute Gasteiger partial charge is 0.119 e. The van der Waals surface area contributed by atoms with Gasteiger partial charge in [0.25, 0.3) is 0 Å². The van der Waals surface area contributed by atoms with Gasteiger partial charge in [-0.1, -0.05) is 18.6 Å². The first-order valence-corrected chi connectivity index (χ1v) is 7.18. The van der Waals surface area contributed by atoms with E-state index in [1.165, 1.54) is 19.3 Å². The summed E-state index contributed by atoms with van der Waals surface area (Å²) in [5.41, 5.74) is 0.460. The van der Waals surface area contributed by atoms with Crippen molar-refractivity contribution in [3.8, 4) is 5.75 Å². The van der Waals surface area contributed by atoms with Gasteiger partial charge in [-0.05, 0) is 50.4 Å². The van der Waals surface area contributed by atoms with E-state index in [-0.39, 0.29) is 0 Å². The van der Waals surface area contributed by atoms with E-state index >= 15 is 0 Å². The minimum Gasteiger partial charge on any atom is -0.497 e. The predicted octanol–water partition coefficient (Wildman–Crippen LogP) is 2.52. The van der Waals surface area contributed by atoms with Crippen LogP contribution in [0.1, 0.15) is 38.2 Å². The fourth-order valence-corrected chi connectivity index (χ4v) is 2.92. The van der Waals surface area contributed by atoms with Crippen LogP contribution in [0.25, 0.3) is 0 Å². The highest BCUT2D eigenvalue weighted by Gasteiger charge is 2.26. The number of hydrogen-bond acceptors (Lipinski definition) is 3. The van der Waals surface area contributed by atoms with Gasteiger partial charge in [-0.2, -0.15) is 0 Å². The monoisotopic (exact) mass is 263 g/mol. The molecule has 0 radical (unpaired) electrons. The van der Waals surface area contributed by atoms with Crippen LogP contribution in [0.15, 0.2) is 24.3 Å². The Morgan fingerprint density at radius 2 is 2.26 bits per heavy atom. The topological polar surface area (TPSA) is 41.5 Å². The molecule has 0 aromatic heterocycles. The molecule has 3 heteroatoms. The highest BCUT2D eigenvalue weighted by atomic mass is 16.5. The minimum absolute atomic E-state index is 0.453. The van der Waals surface area contributed by atoms with E-state index in [9.17, 15) is 5.11 Å². The molecule has 1 fully saturated rings. The van der Waals surface area contributed by atoms with Gasteiger partial charge in [0.2, 0.25) is 0 Å². The molecule has 1 saturated heterocycles. The molecule has 1 heterocycles. The second-order valence-corrected chi connectivity index (χ2v) is 5.88. The van der Waals surface area contributed by atoms with Crippen molar-refractivity contribution in [1.29, 1.82) is 0 Å². The van der Waals surface area contributed by atoms with E-state index in [2.05, 4.69) is 5.32 Å². The molecule has 1 aromatic carbocycles. The molecule has 1 aromatic rings. The van der Waals surface area contributed by atoms with Crippen molar-refractivity contribution >= 4 is 0 Å². The van der Waals surface area contributed by atoms with Crippen LogP contribution in [-0.4, -0.2) is 30.4 Å². The molecule has 2 N–H and O–H groups in total. The Labute approximate surface area is 116 Å². The largest absolute Gasteiger partial charge is 0.497 e.